The number of allylic oxidation sites excluding steroid dienone is 1. The predicted molar refractivity (Wildman–Crippen MR) is 40.6 cm³/mol. The molecule has 10 heavy (non-hydrogen) atoms. The van der Waals surface area contributed by atoms with Gasteiger partial charge in [-0.25, -0.2) is 4.68 Å². The summed E-state index contributed by atoms with van der Waals surface area (Å²) < 4.78 is 2.53. The van der Waals surface area contributed by atoms with E-state index in [1.54, 1.807) is 4.68 Å². The minimum Gasteiger partial charge on any atom is -0.225 e. The van der Waals surface area contributed by atoms with Crippen LogP contribution in [0.1, 0.15) is 5.82 Å². The zero-order valence-corrected chi connectivity index (χ0v) is 7.17. The summed E-state index contributed by atoms with van der Waals surface area (Å²) in [6, 6.07) is 0. The molecule has 0 fully saturated rings. The summed E-state index contributed by atoms with van der Waals surface area (Å²) >= 11 is 3.22. The highest BCUT2D eigenvalue weighted by molar-refractivity contribution is 9.11. The van der Waals surface area contributed by atoms with Crippen molar-refractivity contribution in [1.82, 2.24) is 20.2 Å². The first-order valence-corrected chi connectivity index (χ1v) is 3.55. The van der Waals surface area contributed by atoms with Gasteiger partial charge in [0.1, 0.15) is 5.82 Å². The van der Waals surface area contributed by atoms with Crippen LogP contribution in [0.3, 0.4) is 0 Å². The molecule has 0 aromatic carbocycles. The van der Waals surface area contributed by atoms with Crippen LogP contribution >= 0.6 is 15.9 Å². The molecule has 0 aliphatic rings. The number of hydrogen-bond donors (Lipinski definition) is 0. The number of halogens is 1. The molecule has 0 bridgehead atoms. The minimum absolute atomic E-state index is 0.624. The van der Waals surface area contributed by atoms with Gasteiger partial charge in [0.15, 0.2) is 0 Å². The Morgan fingerprint density at radius 1 is 1.80 bits per heavy atom. The van der Waals surface area contributed by atoms with Crippen molar-refractivity contribution in [3.63, 3.8) is 0 Å². The van der Waals surface area contributed by atoms with Gasteiger partial charge in [0, 0.05) is 4.48 Å². The Labute approximate surface area is 67.1 Å². The largest absolute Gasteiger partial charge is 0.225 e. The average molecular weight is 203 g/mol. The second-order valence-corrected chi connectivity index (χ2v) is 3.02. The fraction of sp³-hybridized carbons (Fsp3) is 0.400. The molecule has 1 aromatic rings. The van der Waals surface area contributed by atoms with Crippen LogP contribution in [0, 0.1) is 6.92 Å². The summed E-state index contributed by atoms with van der Waals surface area (Å²) in [6.07, 6.45) is 0. The van der Waals surface area contributed by atoms with Crippen molar-refractivity contribution < 1.29 is 0 Å². The summed E-state index contributed by atoms with van der Waals surface area (Å²) in [4.78, 5) is 0. The first-order valence-electron chi connectivity index (χ1n) is 2.76. The van der Waals surface area contributed by atoms with Crippen molar-refractivity contribution in [2.24, 2.45) is 0 Å². The van der Waals surface area contributed by atoms with Crippen molar-refractivity contribution in [3.8, 4) is 0 Å². The molecule has 0 unspecified atom stereocenters. The first kappa shape index (κ1) is 7.40. The molecule has 54 valence electrons. The van der Waals surface area contributed by atoms with E-state index < -0.39 is 0 Å². The van der Waals surface area contributed by atoms with Gasteiger partial charge in [-0.3, -0.25) is 0 Å². The lowest BCUT2D eigenvalue weighted by Crippen LogP contribution is -2.01. The number of tetrazole rings is 1. The Bertz CT molecular complexity index is 242. The van der Waals surface area contributed by atoms with E-state index in [2.05, 4.69) is 38.0 Å². The fourth-order valence-electron chi connectivity index (χ4n) is 0.558. The van der Waals surface area contributed by atoms with Gasteiger partial charge in [0.05, 0.1) is 6.54 Å². The van der Waals surface area contributed by atoms with E-state index in [1.165, 1.54) is 0 Å². The van der Waals surface area contributed by atoms with E-state index in [0.29, 0.717) is 6.54 Å². The van der Waals surface area contributed by atoms with Gasteiger partial charge < -0.3 is 0 Å². The van der Waals surface area contributed by atoms with Gasteiger partial charge in [0.25, 0.3) is 0 Å². The average Bonchev–Trinajstić information content (AvgIpc) is 2.15. The van der Waals surface area contributed by atoms with Crippen molar-refractivity contribution >= 4 is 15.9 Å². The Balaban J connectivity index is 2.74. The number of aromatic nitrogens is 4. The Morgan fingerprint density at radius 2 is 2.50 bits per heavy atom. The van der Waals surface area contributed by atoms with Gasteiger partial charge in [-0.2, -0.15) is 0 Å². The monoisotopic (exact) mass is 202 g/mol. The smallest absolute Gasteiger partial charge is 0.148 e. The molecule has 4 nitrogen and oxygen atoms in total. The first-order chi connectivity index (χ1) is 4.70. The van der Waals surface area contributed by atoms with Crippen LogP contribution in [0.2, 0.25) is 0 Å². The van der Waals surface area contributed by atoms with E-state index in [-0.39, 0.29) is 0 Å². The lowest BCUT2D eigenvalue weighted by molar-refractivity contribution is 0.642. The third-order valence-electron chi connectivity index (χ3n) is 1.03. The minimum atomic E-state index is 0.624. The van der Waals surface area contributed by atoms with Crippen molar-refractivity contribution in [2.75, 3.05) is 0 Å². The van der Waals surface area contributed by atoms with Crippen LogP contribution in [-0.4, -0.2) is 20.2 Å². The fourth-order valence-corrected chi connectivity index (χ4v) is 0.795. The quantitative estimate of drug-likeness (QED) is 0.716. The summed E-state index contributed by atoms with van der Waals surface area (Å²) in [5.74, 6) is 0.792. The molecule has 0 saturated heterocycles. The van der Waals surface area contributed by atoms with E-state index in [0.717, 1.165) is 10.3 Å². The van der Waals surface area contributed by atoms with Crippen LogP contribution in [-0.2, 0) is 6.54 Å². The highest BCUT2D eigenvalue weighted by atomic mass is 79.9. The van der Waals surface area contributed by atoms with Crippen LogP contribution < -0.4 is 0 Å². The molecule has 0 amide bonds. The van der Waals surface area contributed by atoms with E-state index in [9.17, 15) is 0 Å². The van der Waals surface area contributed by atoms with Crippen LogP contribution in [0.4, 0.5) is 0 Å². The molecular formula is C5H7BrN4. The summed E-state index contributed by atoms with van der Waals surface area (Å²) in [5.41, 5.74) is 0. The molecule has 0 spiro atoms. The van der Waals surface area contributed by atoms with E-state index >= 15 is 0 Å². The van der Waals surface area contributed by atoms with Crippen LogP contribution in [0.25, 0.3) is 0 Å². The zero-order valence-electron chi connectivity index (χ0n) is 5.58. The number of aryl methyl sites for hydroxylation is 1. The Hall–Kier alpha value is -0.710. The predicted octanol–water partition coefficient (Wildman–Crippen LogP) is 0.890. The Morgan fingerprint density at radius 3 is 2.90 bits per heavy atom. The molecule has 0 N–H and O–H groups in total. The van der Waals surface area contributed by atoms with Crippen molar-refractivity contribution in [3.05, 3.63) is 16.9 Å². The molecule has 1 heterocycles. The molecule has 0 aliphatic heterocycles. The lowest BCUT2D eigenvalue weighted by Gasteiger charge is -1.96. The third-order valence-corrected chi connectivity index (χ3v) is 1.28. The van der Waals surface area contributed by atoms with Crippen molar-refractivity contribution in [1.29, 1.82) is 0 Å². The van der Waals surface area contributed by atoms with Gasteiger partial charge >= 0.3 is 0 Å². The molecule has 5 heteroatoms. The topological polar surface area (TPSA) is 43.6 Å². The third kappa shape index (κ3) is 1.63. The maximum atomic E-state index is 3.72. The maximum Gasteiger partial charge on any atom is 0.148 e. The normalized spacial score (nSPS) is 9.80. The second kappa shape index (κ2) is 2.92. The van der Waals surface area contributed by atoms with E-state index in [1.807, 2.05) is 6.92 Å². The lowest BCUT2D eigenvalue weighted by atomic mass is 10.6. The molecule has 0 saturated carbocycles. The van der Waals surface area contributed by atoms with Gasteiger partial charge in [-0.15, -0.1) is 5.10 Å². The van der Waals surface area contributed by atoms with Crippen LogP contribution in [0.15, 0.2) is 11.1 Å². The maximum absolute atomic E-state index is 3.72. The molecular weight excluding hydrogens is 196 g/mol. The zero-order chi connectivity index (χ0) is 7.56. The highest BCUT2D eigenvalue weighted by Gasteiger charge is 1.98. The summed E-state index contributed by atoms with van der Waals surface area (Å²) in [6.45, 7) is 6.14. The summed E-state index contributed by atoms with van der Waals surface area (Å²) in [7, 11) is 0. The van der Waals surface area contributed by atoms with Gasteiger partial charge in [-0.05, 0) is 17.4 Å². The SMILES string of the molecule is C=C(Br)Cn1nnnc1C. The van der Waals surface area contributed by atoms with Gasteiger partial charge in [-0.1, -0.05) is 22.5 Å². The van der Waals surface area contributed by atoms with Crippen LogP contribution in [0.5, 0.6) is 0 Å². The molecule has 1 rings (SSSR count). The number of nitrogens with zero attached hydrogens (tertiary/aromatic N) is 4. The number of hydrogen-bond acceptors (Lipinski definition) is 3. The standard InChI is InChI=1S/C5H7BrN4/c1-4(6)3-10-5(2)7-8-9-10/h1,3H2,2H3. The highest BCUT2D eigenvalue weighted by Crippen LogP contribution is 2.03. The second-order valence-electron chi connectivity index (χ2n) is 1.90. The van der Waals surface area contributed by atoms with Gasteiger partial charge in [0.2, 0.25) is 0 Å². The molecule has 0 atom stereocenters. The molecule has 0 aliphatic carbocycles. The van der Waals surface area contributed by atoms with Crippen molar-refractivity contribution in [2.45, 2.75) is 13.5 Å². The Kier molecular flexibility index (Phi) is 2.16. The van der Waals surface area contributed by atoms with E-state index in [4.69, 9.17) is 0 Å². The molecule has 1 aromatic heterocycles. The number of rotatable bonds is 2. The molecule has 0 radical (unpaired) electrons. The summed E-state index contributed by atoms with van der Waals surface area (Å²) in [5, 5.41) is 10.9.